The molecule has 1 N–H and O–H groups in total. The summed E-state index contributed by atoms with van der Waals surface area (Å²) in [6.45, 7) is 0.297. The van der Waals surface area contributed by atoms with Crippen molar-refractivity contribution in [1.29, 1.82) is 0 Å². The van der Waals surface area contributed by atoms with E-state index < -0.39 is 9.84 Å². The molecule has 7 heteroatoms. The molecule has 0 aliphatic carbocycles. The fourth-order valence-electron chi connectivity index (χ4n) is 2.42. The summed E-state index contributed by atoms with van der Waals surface area (Å²) in [6, 6.07) is 13.0. The monoisotopic (exact) mass is 360 g/mol. The van der Waals surface area contributed by atoms with E-state index in [-0.39, 0.29) is 22.3 Å². The molecule has 2 amide bonds. The fraction of sp³-hybridized carbons (Fsp3) is 0.222. The van der Waals surface area contributed by atoms with Crippen LogP contribution in [0.15, 0.2) is 53.4 Å². The Morgan fingerprint density at radius 2 is 1.64 bits per heavy atom. The smallest absolute Gasteiger partial charge is 0.255 e. The van der Waals surface area contributed by atoms with Gasteiger partial charge in [-0.15, -0.1) is 0 Å². The van der Waals surface area contributed by atoms with E-state index in [1.165, 1.54) is 17.0 Å². The first-order valence-corrected chi connectivity index (χ1v) is 9.48. The van der Waals surface area contributed by atoms with E-state index in [1.54, 1.807) is 50.5 Å². The van der Waals surface area contributed by atoms with Gasteiger partial charge in [0.25, 0.3) is 11.8 Å². The highest BCUT2D eigenvalue weighted by molar-refractivity contribution is 7.90. The van der Waals surface area contributed by atoms with Gasteiger partial charge < -0.3 is 10.2 Å². The first kappa shape index (κ1) is 18.7. The number of amides is 2. The normalized spacial score (nSPS) is 11.0. The Kier molecular flexibility index (Phi) is 5.58. The second-order valence-corrected chi connectivity index (χ2v) is 7.69. The molecule has 0 saturated carbocycles. The Morgan fingerprint density at radius 3 is 2.20 bits per heavy atom. The first-order chi connectivity index (χ1) is 11.7. The zero-order valence-electron chi connectivity index (χ0n) is 14.3. The number of benzene rings is 2. The van der Waals surface area contributed by atoms with Crippen molar-refractivity contribution in [2.45, 2.75) is 11.4 Å². The molecule has 0 spiro atoms. The summed E-state index contributed by atoms with van der Waals surface area (Å²) in [5, 5.41) is 2.54. The van der Waals surface area contributed by atoms with Crippen LogP contribution < -0.4 is 5.32 Å². The summed E-state index contributed by atoms with van der Waals surface area (Å²) in [5.74, 6) is -0.561. The van der Waals surface area contributed by atoms with E-state index in [0.717, 1.165) is 11.8 Å². The van der Waals surface area contributed by atoms with E-state index in [4.69, 9.17) is 0 Å². The van der Waals surface area contributed by atoms with Crippen LogP contribution in [0.4, 0.5) is 0 Å². The Labute approximate surface area is 147 Å². The number of carbonyl (C=O) groups excluding carboxylic acids is 2. The highest BCUT2D eigenvalue weighted by atomic mass is 32.2. The molecule has 0 aliphatic heterocycles. The van der Waals surface area contributed by atoms with Gasteiger partial charge in [0, 0.05) is 32.5 Å². The lowest BCUT2D eigenvalue weighted by Crippen LogP contribution is -2.27. The van der Waals surface area contributed by atoms with Crippen LogP contribution in [0.1, 0.15) is 26.3 Å². The third-order valence-electron chi connectivity index (χ3n) is 3.73. The second-order valence-electron chi connectivity index (χ2n) is 5.71. The van der Waals surface area contributed by atoms with Crippen LogP contribution in [0.2, 0.25) is 0 Å². The number of hydrogen-bond acceptors (Lipinski definition) is 4. The molecular weight excluding hydrogens is 340 g/mol. The zero-order chi connectivity index (χ0) is 18.6. The molecule has 6 nitrogen and oxygen atoms in total. The predicted octanol–water partition coefficient (Wildman–Crippen LogP) is 1.72. The molecule has 132 valence electrons. The average Bonchev–Trinajstić information content (AvgIpc) is 2.60. The van der Waals surface area contributed by atoms with Gasteiger partial charge in [-0.25, -0.2) is 8.42 Å². The van der Waals surface area contributed by atoms with Gasteiger partial charge in [0.05, 0.1) is 10.5 Å². The third kappa shape index (κ3) is 4.45. The van der Waals surface area contributed by atoms with E-state index in [2.05, 4.69) is 5.32 Å². The van der Waals surface area contributed by atoms with Crippen LogP contribution in [0.3, 0.4) is 0 Å². The summed E-state index contributed by atoms with van der Waals surface area (Å²) >= 11 is 0. The molecule has 0 aliphatic rings. The van der Waals surface area contributed by atoms with Crippen molar-refractivity contribution >= 4 is 21.7 Å². The lowest BCUT2D eigenvalue weighted by Gasteiger charge is -2.19. The van der Waals surface area contributed by atoms with Crippen LogP contribution in [-0.4, -0.2) is 45.5 Å². The van der Waals surface area contributed by atoms with Gasteiger partial charge in [-0.05, 0) is 29.8 Å². The van der Waals surface area contributed by atoms with Gasteiger partial charge in [0.15, 0.2) is 9.84 Å². The van der Waals surface area contributed by atoms with Crippen molar-refractivity contribution in [2.75, 3.05) is 20.4 Å². The molecular formula is C18H20N2O4S. The largest absolute Gasteiger partial charge is 0.355 e. The molecule has 0 bridgehead atoms. The molecule has 2 aromatic carbocycles. The van der Waals surface area contributed by atoms with Crippen molar-refractivity contribution in [2.24, 2.45) is 0 Å². The minimum Gasteiger partial charge on any atom is -0.355 e. The van der Waals surface area contributed by atoms with Gasteiger partial charge in [-0.3, -0.25) is 9.59 Å². The molecule has 0 atom stereocenters. The summed E-state index contributed by atoms with van der Waals surface area (Å²) < 4.78 is 23.7. The highest BCUT2D eigenvalue weighted by Crippen LogP contribution is 2.18. The van der Waals surface area contributed by atoms with Gasteiger partial charge in [-0.1, -0.05) is 24.3 Å². The number of carbonyl (C=O) groups is 2. The molecule has 2 aromatic rings. The highest BCUT2D eigenvalue weighted by Gasteiger charge is 2.21. The van der Waals surface area contributed by atoms with Crippen LogP contribution in [-0.2, 0) is 16.4 Å². The van der Waals surface area contributed by atoms with Crippen LogP contribution >= 0.6 is 0 Å². The standard InChI is InChI=1S/C18H20N2O4S/c1-19-17(21)14-10-8-13(9-11-14)12-20(2)18(22)15-6-4-5-7-16(15)25(3,23)24/h4-11H,12H2,1-3H3,(H,19,21). The summed E-state index contributed by atoms with van der Waals surface area (Å²) in [6.07, 6.45) is 1.08. The second kappa shape index (κ2) is 7.48. The number of sulfone groups is 1. The minimum absolute atomic E-state index is 0.0156. The predicted molar refractivity (Wildman–Crippen MR) is 95.2 cm³/mol. The van der Waals surface area contributed by atoms with Gasteiger partial charge in [-0.2, -0.15) is 0 Å². The summed E-state index contributed by atoms with van der Waals surface area (Å²) in [7, 11) is -0.332. The number of nitrogens with zero attached hydrogens (tertiary/aromatic N) is 1. The first-order valence-electron chi connectivity index (χ1n) is 7.59. The quantitative estimate of drug-likeness (QED) is 0.880. The van der Waals surface area contributed by atoms with E-state index in [1.807, 2.05) is 0 Å². The topological polar surface area (TPSA) is 83.6 Å². The van der Waals surface area contributed by atoms with Crippen molar-refractivity contribution in [3.05, 3.63) is 65.2 Å². The maximum absolute atomic E-state index is 12.6. The Bertz CT molecular complexity index is 890. The summed E-state index contributed by atoms with van der Waals surface area (Å²) in [5.41, 5.74) is 1.51. The average molecular weight is 360 g/mol. The van der Waals surface area contributed by atoms with Crippen molar-refractivity contribution < 1.29 is 18.0 Å². The van der Waals surface area contributed by atoms with Crippen molar-refractivity contribution in [3.63, 3.8) is 0 Å². The molecule has 0 fully saturated rings. The maximum Gasteiger partial charge on any atom is 0.255 e. The number of hydrogen-bond donors (Lipinski definition) is 1. The van der Waals surface area contributed by atoms with Crippen LogP contribution in [0.25, 0.3) is 0 Å². The molecule has 0 radical (unpaired) electrons. The third-order valence-corrected chi connectivity index (χ3v) is 4.88. The van der Waals surface area contributed by atoms with E-state index in [9.17, 15) is 18.0 Å². The maximum atomic E-state index is 12.6. The molecule has 0 unspecified atom stereocenters. The van der Waals surface area contributed by atoms with Gasteiger partial charge in [0.2, 0.25) is 0 Å². The molecule has 0 saturated heterocycles. The lowest BCUT2D eigenvalue weighted by atomic mass is 10.1. The fourth-order valence-corrected chi connectivity index (χ4v) is 3.30. The summed E-state index contributed by atoms with van der Waals surface area (Å²) in [4.78, 5) is 25.6. The SMILES string of the molecule is CNC(=O)c1ccc(CN(C)C(=O)c2ccccc2S(C)(=O)=O)cc1. The van der Waals surface area contributed by atoms with E-state index in [0.29, 0.717) is 12.1 Å². The lowest BCUT2D eigenvalue weighted by molar-refractivity contribution is 0.0781. The molecule has 2 rings (SSSR count). The van der Waals surface area contributed by atoms with Crippen LogP contribution in [0.5, 0.6) is 0 Å². The van der Waals surface area contributed by atoms with Gasteiger partial charge in [0.1, 0.15) is 0 Å². The van der Waals surface area contributed by atoms with Crippen LogP contribution in [0, 0.1) is 0 Å². The number of rotatable bonds is 5. The van der Waals surface area contributed by atoms with E-state index >= 15 is 0 Å². The zero-order valence-corrected chi connectivity index (χ0v) is 15.1. The Balaban J connectivity index is 2.20. The van der Waals surface area contributed by atoms with Crippen molar-refractivity contribution in [1.82, 2.24) is 10.2 Å². The van der Waals surface area contributed by atoms with Gasteiger partial charge >= 0.3 is 0 Å². The number of nitrogens with one attached hydrogen (secondary N) is 1. The Hall–Kier alpha value is -2.67. The minimum atomic E-state index is -3.49. The Morgan fingerprint density at radius 1 is 1.04 bits per heavy atom. The molecule has 0 heterocycles. The van der Waals surface area contributed by atoms with Crippen molar-refractivity contribution in [3.8, 4) is 0 Å². The molecule has 0 aromatic heterocycles. The molecule has 25 heavy (non-hydrogen) atoms.